The van der Waals surface area contributed by atoms with Gasteiger partial charge in [0.2, 0.25) is 20.0 Å². The number of sulfonamides is 2. The Morgan fingerprint density at radius 2 is 1.55 bits per heavy atom. The van der Waals surface area contributed by atoms with Crippen molar-refractivity contribution in [2.75, 3.05) is 32.5 Å². The van der Waals surface area contributed by atoms with Crippen molar-refractivity contribution in [2.45, 2.75) is 35.5 Å². The lowest BCUT2D eigenvalue weighted by Crippen LogP contribution is -2.32. The van der Waals surface area contributed by atoms with E-state index in [-0.39, 0.29) is 21.0 Å². The highest BCUT2D eigenvalue weighted by molar-refractivity contribution is 7.89. The highest BCUT2D eigenvalue weighted by Crippen LogP contribution is 2.25. The molecule has 1 N–H and O–H groups in total. The maximum Gasteiger partial charge on any atom is 0.255 e. The summed E-state index contributed by atoms with van der Waals surface area (Å²) in [6.45, 7) is 0.934. The number of anilines is 1. The topological polar surface area (TPSA) is 104 Å². The van der Waals surface area contributed by atoms with Crippen molar-refractivity contribution in [1.29, 1.82) is 0 Å². The van der Waals surface area contributed by atoms with Crippen molar-refractivity contribution >= 4 is 31.6 Å². The van der Waals surface area contributed by atoms with E-state index >= 15 is 0 Å². The second-order valence-corrected chi connectivity index (χ2v) is 11.6. The first-order chi connectivity index (χ1) is 14.6. The lowest BCUT2D eigenvalue weighted by atomic mass is 10.2. The van der Waals surface area contributed by atoms with Gasteiger partial charge in [-0.15, -0.1) is 0 Å². The van der Waals surface area contributed by atoms with Gasteiger partial charge in [-0.2, -0.15) is 4.31 Å². The number of hydrogen-bond donors (Lipinski definition) is 1. The fourth-order valence-electron chi connectivity index (χ4n) is 3.41. The Labute approximate surface area is 184 Å². The summed E-state index contributed by atoms with van der Waals surface area (Å²) in [5.41, 5.74) is 0.259. The smallest absolute Gasteiger partial charge is 0.255 e. The van der Waals surface area contributed by atoms with Crippen LogP contribution in [0.2, 0.25) is 0 Å². The van der Waals surface area contributed by atoms with Gasteiger partial charge in [0, 0.05) is 32.7 Å². The molecule has 0 spiro atoms. The van der Waals surface area contributed by atoms with Crippen molar-refractivity contribution in [3.63, 3.8) is 0 Å². The van der Waals surface area contributed by atoms with E-state index in [2.05, 4.69) is 5.32 Å². The van der Waals surface area contributed by atoms with Crippen LogP contribution < -0.4 is 5.32 Å². The van der Waals surface area contributed by atoms with Gasteiger partial charge in [0.1, 0.15) is 4.90 Å². The van der Waals surface area contributed by atoms with Crippen LogP contribution in [-0.2, 0) is 20.0 Å². The van der Waals surface area contributed by atoms with Crippen molar-refractivity contribution in [3.05, 3.63) is 54.1 Å². The van der Waals surface area contributed by atoms with Gasteiger partial charge in [-0.25, -0.2) is 21.1 Å². The second kappa shape index (κ2) is 9.47. The van der Waals surface area contributed by atoms with E-state index in [1.54, 1.807) is 12.1 Å². The van der Waals surface area contributed by atoms with Gasteiger partial charge in [-0.3, -0.25) is 4.79 Å². The standard InChI is InChI=1S/C21H27N3O5S2/c1-23(2)31(28,29)20-13-6-5-12-19(20)22-21(25)17-10-9-11-18(16-17)30(26,27)24-14-7-3-4-8-15-24/h5-6,9-13,16H,3-4,7-8,14-15H2,1-2H3,(H,22,25). The van der Waals surface area contributed by atoms with E-state index in [1.807, 2.05) is 0 Å². The summed E-state index contributed by atoms with van der Waals surface area (Å²) in [6, 6.07) is 11.9. The van der Waals surface area contributed by atoms with Crippen LogP contribution in [0.5, 0.6) is 0 Å². The first-order valence-corrected chi connectivity index (χ1v) is 12.9. The molecule has 10 heteroatoms. The van der Waals surface area contributed by atoms with Crippen molar-refractivity contribution < 1.29 is 21.6 Å². The molecule has 1 fully saturated rings. The SMILES string of the molecule is CN(C)S(=O)(=O)c1ccccc1NC(=O)c1cccc(S(=O)(=O)N2CCCCCC2)c1. The van der Waals surface area contributed by atoms with Crippen molar-refractivity contribution in [2.24, 2.45) is 0 Å². The Morgan fingerprint density at radius 1 is 0.903 bits per heavy atom. The monoisotopic (exact) mass is 465 g/mol. The molecule has 1 aliphatic rings. The Balaban J connectivity index is 1.88. The zero-order chi connectivity index (χ0) is 22.6. The molecule has 168 valence electrons. The van der Waals surface area contributed by atoms with Crippen LogP contribution in [0.15, 0.2) is 58.3 Å². The molecule has 1 amide bonds. The molecule has 2 aromatic rings. The average Bonchev–Trinajstić information content (AvgIpc) is 3.04. The van der Waals surface area contributed by atoms with Gasteiger partial charge in [0.25, 0.3) is 5.91 Å². The number of nitrogens with zero attached hydrogens (tertiary/aromatic N) is 2. The molecule has 2 aromatic carbocycles. The number of nitrogens with one attached hydrogen (secondary N) is 1. The third-order valence-corrected chi connectivity index (χ3v) is 8.96. The Morgan fingerprint density at radius 3 is 2.19 bits per heavy atom. The normalized spacial score (nSPS) is 16.1. The molecule has 0 bridgehead atoms. The van der Waals surface area contributed by atoms with Crippen LogP contribution in [0.4, 0.5) is 5.69 Å². The van der Waals surface area contributed by atoms with E-state index in [0.29, 0.717) is 13.1 Å². The first kappa shape index (κ1) is 23.4. The van der Waals surface area contributed by atoms with Crippen molar-refractivity contribution in [3.8, 4) is 0 Å². The lowest BCUT2D eigenvalue weighted by Gasteiger charge is -2.20. The largest absolute Gasteiger partial charge is 0.321 e. The first-order valence-electron chi connectivity index (χ1n) is 10.1. The molecule has 0 radical (unpaired) electrons. The van der Waals surface area contributed by atoms with Gasteiger partial charge < -0.3 is 5.32 Å². The molecule has 0 aromatic heterocycles. The van der Waals surface area contributed by atoms with Crippen LogP contribution in [0, 0.1) is 0 Å². The fourth-order valence-corrected chi connectivity index (χ4v) is 6.02. The minimum Gasteiger partial charge on any atom is -0.321 e. The summed E-state index contributed by atoms with van der Waals surface area (Å²) in [5, 5.41) is 2.60. The molecule has 3 rings (SSSR count). The van der Waals surface area contributed by atoms with Gasteiger partial charge in [0.05, 0.1) is 10.6 Å². The van der Waals surface area contributed by atoms with E-state index in [4.69, 9.17) is 0 Å². The summed E-state index contributed by atoms with van der Waals surface area (Å²) in [5.74, 6) is -0.589. The Kier molecular flexibility index (Phi) is 7.15. The summed E-state index contributed by atoms with van der Waals surface area (Å²) >= 11 is 0. The van der Waals surface area contributed by atoms with E-state index in [0.717, 1.165) is 30.0 Å². The molecule has 1 aliphatic heterocycles. The quantitative estimate of drug-likeness (QED) is 0.706. The minimum absolute atomic E-state index is 0.0401. The van der Waals surface area contributed by atoms with Crippen LogP contribution in [0.3, 0.4) is 0 Å². The number of rotatable bonds is 6. The van der Waals surface area contributed by atoms with E-state index in [1.165, 1.54) is 54.8 Å². The molecular formula is C21H27N3O5S2. The average molecular weight is 466 g/mol. The Hall–Kier alpha value is -2.27. The number of benzene rings is 2. The molecule has 1 heterocycles. The van der Waals surface area contributed by atoms with E-state index < -0.39 is 26.0 Å². The summed E-state index contributed by atoms with van der Waals surface area (Å²) < 4.78 is 53.7. The highest BCUT2D eigenvalue weighted by atomic mass is 32.2. The number of carbonyl (C=O) groups excluding carboxylic acids is 1. The molecule has 1 saturated heterocycles. The zero-order valence-electron chi connectivity index (χ0n) is 17.6. The zero-order valence-corrected chi connectivity index (χ0v) is 19.2. The van der Waals surface area contributed by atoms with Crippen LogP contribution in [0.1, 0.15) is 36.0 Å². The van der Waals surface area contributed by atoms with Crippen LogP contribution in [-0.4, -0.2) is 58.5 Å². The van der Waals surface area contributed by atoms with Crippen molar-refractivity contribution in [1.82, 2.24) is 8.61 Å². The van der Waals surface area contributed by atoms with Gasteiger partial charge in [0.15, 0.2) is 0 Å². The molecular weight excluding hydrogens is 438 g/mol. The summed E-state index contributed by atoms with van der Waals surface area (Å²) in [6.07, 6.45) is 3.64. The maximum atomic E-state index is 13.0. The van der Waals surface area contributed by atoms with Crippen LogP contribution in [0.25, 0.3) is 0 Å². The maximum absolute atomic E-state index is 13.0. The molecule has 0 atom stereocenters. The molecule has 8 nitrogen and oxygen atoms in total. The molecule has 0 aliphatic carbocycles. The number of para-hydroxylation sites is 1. The summed E-state index contributed by atoms with van der Waals surface area (Å²) in [7, 11) is -4.66. The molecule has 0 saturated carbocycles. The predicted octanol–water partition coefficient (Wildman–Crippen LogP) is 2.75. The highest BCUT2D eigenvalue weighted by Gasteiger charge is 2.26. The predicted molar refractivity (Wildman–Crippen MR) is 119 cm³/mol. The summed E-state index contributed by atoms with van der Waals surface area (Å²) in [4.78, 5) is 12.9. The second-order valence-electron chi connectivity index (χ2n) is 7.58. The number of carbonyl (C=O) groups is 1. The molecule has 0 unspecified atom stereocenters. The fraction of sp³-hybridized carbons (Fsp3) is 0.381. The third kappa shape index (κ3) is 5.15. The number of hydrogen-bond acceptors (Lipinski definition) is 5. The van der Waals surface area contributed by atoms with Gasteiger partial charge >= 0.3 is 0 Å². The van der Waals surface area contributed by atoms with Gasteiger partial charge in [-0.05, 0) is 43.2 Å². The molecule has 31 heavy (non-hydrogen) atoms. The Bertz CT molecular complexity index is 1150. The minimum atomic E-state index is -3.77. The lowest BCUT2D eigenvalue weighted by molar-refractivity contribution is 0.102. The van der Waals surface area contributed by atoms with E-state index in [9.17, 15) is 21.6 Å². The third-order valence-electron chi connectivity index (χ3n) is 5.19. The number of amides is 1. The van der Waals surface area contributed by atoms with Gasteiger partial charge in [-0.1, -0.05) is 31.0 Å². The van der Waals surface area contributed by atoms with Crippen LogP contribution >= 0.6 is 0 Å².